The number of thiazole rings is 1. The van der Waals surface area contributed by atoms with Gasteiger partial charge < -0.3 is 0 Å². The zero-order valence-corrected chi connectivity index (χ0v) is 21.1. The number of hydrogen-bond donors (Lipinski definition) is 1. The Bertz CT molecular complexity index is 1560. The number of aryl methyl sites for hydroxylation is 1. The number of nitrogens with zero attached hydrogens (tertiary/aromatic N) is 3. The highest BCUT2D eigenvalue weighted by Gasteiger charge is 2.34. The van der Waals surface area contributed by atoms with Crippen molar-refractivity contribution in [3.63, 3.8) is 0 Å². The zero-order chi connectivity index (χ0) is 25.4. The minimum absolute atomic E-state index is 0.0282. The van der Waals surface area contributed by atoms with E-state index < -0.39 is 16.7 Å². The summed E-state index contributed by atoms with van der Waals surface area (Å²) in [5.41, 5.74) is 2.35. The number of benzene rings is 3. The largest absolute Gasteiger partial charge is 0.298 e. The van der Waals surface area contributed by atoms with Crippen LogP contribution in [0.1, 0.15) is 11.1 Å². The van der Waals surface area contributed by atoms with Gasteiger partial charge in [-0.2, -0.15) is 0 Å². The quantitative estimate of drug-likeness (QED) is 0.119. The highest BCUT2D eigenvalue weighted by atomic mass is 32.2. The number of fused-ring (bicyclic) bond motifs is 1. The Hall–Kier alpha value is -3.93. The van der Waals surface area contributed by atoms with Gasteiger partial charge >= 0.3 is 0 Å². The number of nitro groups is 1. The molecule has 8 nitrogen and oxygen atoms in total. The summed E-state index contributed by atoms with van der Waals surface area (Å²) in [6.45, 7) is 1.92. The summed E-state index contributed by atoms with van der Waals surface area (Å²) in [5, 5.41) is 14.3. The number of anilines is 1. The van der Waals surface area contributed by atoms with Gasteiger partial charge in [0.05, 0.1) is 25.7 Å². The van der Waals surface area contributed by atoms with Gasteiger partial charge in [0, 0.05) is 6.07 Å². The fraction of sp³-hybridized carbons (Fsp3) is 0.0400. The minimum Gasteiger partial charge on any atom is -0.298 e. The molecule has 36 heavy (non-hydrogen) atoms. The zero-order valence-electron chi connectivity index (χ0n) is 18.6. The molecular weight excluding hydrogens is 517 g/mol. The molecule has 0 radical (unpaired) electrons. The van der Waals surface area contributed by atoms with Crippen LogP contribution in [0.4, 0.5) is 11.4 Å². The number of carbonyl (C=O) groups is 2. The van der Waals surface area contributed by atoms with E-state index in [9.17, 15) is 19.7 Å². The molecule has 1 aromatic heterocycles. The Kier molecular flexibility index (Phi) is 6.35. The monoisotopic (exact) mass is 532 g/mol. The van der Waals surface area contributed by atoms with Gasteiger partial charge in [-0.05, 0) is 61.1 Å². The van der Waals surface area contributed by atoms with Crippen LogP contribution in [0.3, 0.4) is 0 Å². The number of hydrogen-bond acceptors (Lipinski definition) is 8. The molecule has 0 bridgehead atoms. The van der Waals surface area contributed by atoms with E-state index in [0.29, 0.717) is 20.5 Å². The standard InChI is InChI=1S/C25H16N4O4S3/c1-14-6-9-16(10-7-14)28-23(31)17(22(30)27-24(28)34)12-15-8-11-21(19(13-15)29(32)33)36-25-26-18-4-2-3-5-20(18)35-25/h2-13H,1H3,(H,27,30,34)/b17-12+. The second kappa shape index (κ2) is 9.61. The molecule has 1 aliphatic heterocycles. The summed E-state index contributed by atoms with van der Waals surface area (Å²) < 4.78 is 1.66. The number of aromatic nitrogens is 1. The predicted molar refractivity (Wildman–Crippen MR) is 144 cm³/mol. The first kappa shape index (κ1) is 23.8. The molecule has 2 amide bonds. The lowest BCUT2D eigenvalue weighted by molar-refractivity contribution is -0.387. The molecule has 2 heterocycles. The van der Waals surface area contributed by atoms with Gasteiger partial charge in [-0.1, -0.05) is 47.7 Å². The highest BCUT2D eigenvalue weighted by Crippen LogP contribution is 2.39. The molecule has 3 aromatic carbocycles. The number of carbonyl (C=O) groups excluding carboxylic acids is 2. The van der Waals surface area contributed by atoms with Crippen LogP contribution in [-0.2, 0) is 9.59 Å². The van der Waals surface area contributed by atoms with Crippen molar-refractivity contribution in [2.24, 2.45) is 0 Å². The first-order valence-electron chi connectivity index (χ1n) is 10.6. The molecule has 1 N–H and O–H groups in total. The average Bonchev–Trinajstić information content (AvgIpc) is 3.26. The van der Waals surface area contributed by atoms with Crippen molar-refractivity contribution in [1.82, 2.24) is 10.3 Å². The Balaban J connectivity index is 1.48. The van der Waals surface area contributed by atoms with Gasteiger partial charge in [0.25, 0.3) is 17.5 Å². The molecule has 0 spiro atoms. The summed E-state index contributed by atoms with van der Waals surface area (Å²) in [4.78, 5) is 43.3. The third-order valence-electron chi connectivity index (χ3n) is 5.36. The van der Waals surface area contributed by atoms with E-state index in [1.54, 1.807) is 24.3 Å². The van der Waals surface area contributed by atoms with Crippen LogP contribution < -0.4 is 10.2 Å². The van der Waals surface area contributed by atoms with Crippen LogP contribution in [0.5, 0.6) is 0 Å². The molecule has 178 valence electrons. The van der Waals surface area contributed by atoms with Crippen LogP contribution in [0.15, 0.2) is 81.5 Å². The first-order valence-corrected chi connectivity index (χ1v) is 12.6. The van der Waals surface area contributed by atoms with Crippen molar-refractivity contribution in [2.45, 2.75) is 16.2 Å². The summed E-state index contributed by atoms with van der Waals surface area (Å²) in [7, 11) is 0. The number of amides is 2. The Morgan fingerprint density at radius 2 is 1.86 bits per heavy atom. The lowest BCUT2D eigenvalue weighted by Crippen LogP contribution is -2.54. The van der Waals surface area contributed by atoms with E-state index in [4.69, 9.17) is 12.2 Å². The van der Waals surface area contributed by atoms with Crippen LogP contribution >= 0.6 is 35.3 Å². The number of para-hydroxylation sites is 1. The molecule has 5 rings (SSSR count). The maximum atomic E-state index is 13.2. The first-order chi connectivity index (χ1) is 17.3. The third-order valence-corrected chi connectivity index (χ3v) is 7.80. The van der Waals surface area contributed by atoms with E-state index in [1.165, 1.54) is 40.1 Å². The van der Waals surface area contributed by atoms with E-state index in [-0.39, 0.29) is 16.4 Å². The van der Waals surface area contributed by atoms with Crippen LogP contribution in [-0.4, -0.2) is 26.8 Å². The summed E-state index contributed by atoms with van der Waals surface area (Å²) >= 11 is 7.86. The second-order valence-electron chi connectivity index (χ2n) is 7.83. The van der Waals surface area contributed by atoms with Crippen molar-refractivity contribution in [3.8, 4) is 0 Å². The second-order valence-corrected chi connectivity index (χ2v) is 10.5. The molecule has 4 aromatic rings. The lowest BCUT2D eigenvalue weighted by atomic mass is 10.1. The van der Waals surface area contributed by atoms with Crippen LogP contribution in [0.25, 0.3) is 16.3 Å². The van der Waals surface area contributed by atoms with Crippen molar-refractivity contribution >= 4 is 79.9 Å². The molecule has 1 saturated heterocycles. The number of nitrogens with one attached hydrogen (secondary N) is 1. The van der Waals surface area contributed by atoms with Crippen molar-refractivity contribution in [2.75, 3.05) is 4.90 Å². The summed E-state index contributed by atoms with van der Waals surface area (Å²) in [6.07, 6.45) is 1.33. The number of rotatable bonds is 5. The Morgan fingerprint density at radius 1 is 1.11 bits per heavy atom. The molecule has 0 saturated carbocycles. The van der Waals surface area contributed by atoms with Crippen LogP contribution in [0, 0.1) is 17.0 Å². The van der Waals surface area contributed by atoms with Gasteiger partial charge in [-0.15, -0.1) is 11.3 Å². The predicted octanol–water partition coefficient (Wildman–Crippen LogP) is 5.50. The topological polar surface area (TPSA) is 105 Å². The summed E-state index contributed by atoms with van der Waals surface area (Å²) in [6, 6.07) is 19.3. The molecule has 0 aliphatic carbocycles. The molecule has 1 aliphatic rings. The smallest absolute Gasteiger partial charge is 0.283 e. The van der Waals surface area contributed by atoms with E-state index >= 15 is 0 Å². The van der Waals surface area contributed by atoms with Crippen molar-refractivity contribution < 1.29 is 14.5 Å². The average molecular weight is 533 g/mol. The maximum Gasteiger partial charge on any atom is 0.283 e. The minimum atomic E-state index is -0.663. The molecular formula is C25H16N4O4S3. The highest BCUT2D eigenvalue weighted by molar-refractivity contribution is 8.01. The van der Waals surface area contributed by atoms with Gasteiger partial charge in [0.15, 0.2) is 9.45 Å². The molecule has 0 atom stereocenters. The fourth-order valence-electron chi connectivity index (χ4n) is 3.59. The Morgan fingerprint density at radius 3 is 2.58 bits per heavy atom. The van der Waals surface area contributed by atoms with Gasteiger partial charge in [0.2, 0.25) is 0 Å². The molecule has 0 unspecified atom stereocenters. The third kappa shape index (κ3) is 4.63. The van der Waals surface area contributed by atoms with E-state index in [1.807, 2.05) is 43.3 Å². The lowest BCUT2D eigenvalue weighted by Gasteiger charge is -2.29. The number of nitro benzene ring substituents is 1. The maximum absolute atomic E-state index is 13.2. The fourth-order valence-corrected chi connectivity index (χ4v) is 5.98. The van der Waals surface area contributed by atoms with Gasteiger partial charge in [-0.3, -0.25) is 29.9 Å². The normalized spacial score (nSPS) is 15.0. The van der Waals surface area contributed by atoms with Gasteiger partial charge in [0.1, 0.15) is 5.57 Å². The SMILES string of the molecule is Cc1ccc(N2C(=O)/C(=C/c3ccc(Sc4nc5ccccc5s4)c([N+](=O)[O-])c3)C(=O)NC2=S)cc1. The molecule has 11 heteroatoms. The van der Waals surface area contributed by atoms with Crippen molar-refractivity contribution in [1.29, 1.82) is 0 Å². The van der Waals surface area contributed by atoms with Crippen LogP contribution in [0.2, 0.25) is 0 Å². The van der Waals surface area contributed by atoms with E-state index in [2.05, 4.69) is 10.3 Å². The Labute approximate surface area is 218 Å². The number of thiocarbonyl (C=S) groups is 1. The molecule has 1 fully saturated rings. The van der Waals surface area contributed by atoms with Gasteiger partial charge in [-0.25, -0.2) is 4.98 Å². The summed E-state index contributed by atoms with van der Waals surface area (Å²) in [5.74, 6) is -1.27. The van der Waals surface area contributed by atoms with E-state index in [0.717, 1.165) is 15.8 Å². The van der Waals surface area contributed by atoms with Crippen molar-refractivity contribution in [3.05, 3.63) is 93.5 Å².